The van der Waals surface area contributed by atoms with Crippen LogP contribution < -0.4 is 21.1 Å². The average Bonchev–Trinajstić information content (AvgIpc) is 2.74. The van der Waals surface area contributed by atoms with Crippen LogP contribution in [-0.2, 0) is 14.8 Å². The average molecular weight is 437 g/mol. The monoisotopic (exact) mass is 436 g/mol. The van der Waals surface area contributed by atoms with Gasteiger partial charge in [-0.3, -0.25) is 4.90 Å². The second kappa shape index (κ2) is 8.05. The number of sulfonamides is 1. The Kier molecular flexibility index (Phi) is 5.60. The van der Waals surface area contributed by atoms with Gasteiger partial charge in [0, 0.05) is 13.1 Å². The van der Waals surface area contributed by atoms with E-state index in [-0.39, 0.29) is 16.8 Å². The van der Waals surface area contributed by atoms with Crippen molar-refractivity contribution in [3.05, 3.63) is 18.2 Å². The van der Waals surface area contributed by atoms with E-state index in [2.05, 4.69) is 9.98 Å². The number of methoxy groups -OCH3 is 1. The van der Waals surface area contributed by atoms with E-state index in [1.807, 2.05) is 0 Å². The molecule has 0 atom stereocenters. The highest BCUT2D eigenvalue weighted by atomic mass is 32.2. The number of guanidine groups is 2. The quantitative estimate of drug-likeness (QED) is 0.713. The summed E-state index contributed by atoms with van der Waals surface area (Å²) in [5, 5.41) is 0. The number of rotatable bonds is 4. The fourth-order valence-corrected chi connectivity index (χ4v) is 5.84. The number of benzene rings is 1. The van der Waals surface area contributed by atoms with Crippen LogP contribution in [0.2, 0.25) is 0 Å². The van der Waals surface area contributed by atoms with E-state index in [4.69, 9.17) is 20.9 Å². The maximum atomic E-state index is 13.2. The minimum Gasteiger partial charge on any atom is -0.495 e. The molecule has 0 radical (unpaired) electrons. The molecule has 30 heavy (non-hydrogen) atoms. The van der Waals surface area contributed by atoms with Crippen LogP contribution in [0.5, 0.6) is 5.75 Å². The summed E-state index contributed by atoms with van der Waals surface area (Å²) in [6, 6.07) is 4.79. The Hall–Kier alpha value is -2.37. The van der Waals surface area contributed by atoms with Gasteiger partial charge in [-0.2, -0.15) is 9.30 Å². The molecule has 2 aliphatic heterocycles. The molecule has 4 N–H and O–H groups in total. The van der Waals surface area contributed by atoms with Crippen molar-refractivity contribution in [3.8, 4) is 5.75 Å². The number of hydrogen-bond acceptors (Lipinski definition) is 9. The third-order valence-electron chi connectivity index (χ3n) is 5.85. The maximum Gasteiger partial charge on any atom is 0.243 e. The second-order valence-corrected chi connectivity index (χ2v) is 9.61. The number of hydrogen-bond donors (Lipinski definition) is 2. The number of aliphatic imine (C=N–C) groups is 2. The zero-order valence-electron chi connectivity index (χ0n) is 17.1. The number of nitrogens with two attached hydrogens (primary N) is 2. The molecule has 11 heteroatoms. The van der Waals surface area contributed by atoms with Gasteiger partial charge < -0.3 is 20.9 Å². The predicted molar refractivity (Wildman–Crippen MR) is 114 cm³/mol. The SMILES string of the molecule is COc1ccc(S(=O)(=O)N2CCOCC2)cc1N1C(N)=NC(N)=NC12CCCCC2. The zero-order valence-corrected chi connectivity index (χ0v) is 17.9. The molecular weight excluding hydrogens is 408 g/mol. The van der Waals surface area contributed by atoms with Crippen molar-refractivity contribution in [1.82, 2.24) is 4.31 Å². The predicted octanol–water partition coefficient (Wildman–Crippen LogP) is 0.826. The summed E-state index contributed by atoms with van der Waals surface area (Å²) in [5.41, 5.74) is 12.1. The highest BCUT2D eigenvalue weighted by Gasteiger charge is 2.44. The van der Waals surface area contributed by atoms with Crippen molar-refractivity contribution in [1.29, 1.82) is 0 Å². The first kappa shape index (κ1) is 20.9. The molecule has 2 fully saturated rings. The van der Waals surface area contributed by atoms with Crippen molar-refractivity contribution in [2.24, 2.45) is 21.5 Å². The standard InChI is InChI=1S/C19H28N6O4S/c1-28-16-6-5-14(30(26,27)24-9-11-29-12-10-24)13-15(16)25-18(21)22-17(20)23-19(25)7-3-2-4-8-19/h5-6,13H,2-4,7-12H2,1H3,(H4,20,21,22,23). The first-order valence-corrected chi connectivity index (χ1v) is 11.6. The van der Waals surface area contributed by atoms with Gasteiger partial charge in [-0.25, -0.2) is 13.4 Å². The molecule has 0 bridgehead atoms. The van der Waals surface area contributed by atoms with Crippen molar-refractivity contribution in [2.75, 3.05) is 38.3 Å². The molecule has 1 spiro atoms. The van der Waals surface area contributed by atoms with Gasteiger partial charge in [-0.15, -0.1) is 0 Å². The Labute approximate surface area is 176 Å². The first-order valence-electron chi connectivity index (χ1n) is 10.1. The van der Waals surface area contributed by atoms with Crippen LogP contribution in [0.4, 0.5) is 5.69 Å². The van der Waals surface area contributed by atoms with Gasteiger partial charge >= 0.3 is 0 Å². The normalized spacial score (nSPS) is 22.5. The summed E-state index contributed by atoms with van der Waals surface area (Å²) in [7, 11) is -2.15. The van der Waals surface area contributed by atoms with Gasteiger partial charge in [-0.1, -0.05) is 6.42 Å². The van der Waals surface area contributed by atoms with Crippen LogP contribution in [0, 0.1) is 0 Å². The first-order chi connectivity index (χ1) is 14.4. The lowest BCUT2D eigenvalue weighted by atomic mass is 9.87. The number of nitrogens with zero attached hydrogens (tertiary/aromatic N) is 4. The highest BCUT2D eigenvalue weighted by molar-refractivity contribution is 7.89. The molecule has 1 saturated carbocycles. The molecule has 4 rings (SSSR count). The summed E-state index contributed by atoms with van der Waals surface area (Å²) >= 11 is 0. The van der Waals surface area contributed by atoms with Crippen LogP contribution in [0.15, 0.2) is 33.1 Å². The largest absolute Gasteiger partial charge is 0.495 e. The van der Waals surface area contributed by atoms with Crippen molar-refractivity contribution < 1.29 is 17.9 Å². The van der Waals surface area contributed by atoms with Crippen molar-refractivity contribution in [2.45, 2.75) is 42.7 Å². The number of morpholine rings is 1. The summed E-state index contributed by atoms with van der Waals surface area (Å²) in [6.07, 6.45) is 4.52. The topological polar surface area (TPSA) is 136 Å². The molecule has 2 heterocycles. The van der Waals surface area contributed by atoms with E-state index in [1.54, 1.807) is 23.1 Å². The third-order valence-corrected chi connectivity index (χ3v) is 7.75. The van der Waals surface area contributed by atoms with E-state index in [9.17, 15) is 8.42 Å². The molecule has 1 aromatic carbocycles. The van der Waals surface area contributed by atoms with E-state index in [0.29, 0.717) is 37.7 Å². The fourth-order valence-electron chi connectivity index (χ4n) is 4.41. The van der Waals surface area contributed by atoms with Crippen LogP contribution >= 0.6 is 0 Å². The molecule has 1 aliphatic carbocycles. The Bertz CT molecular complexity index is 965. The lowest BCUT2D eigenvalue weighted by Crippen LogP contribution is -2.58. The molecule has 3 aliphatic rings. The second-order valence-electron chi connectivity index (χ2n) is 7.67. The minimum absolute atomic E-state index is 0.140. The van der Waals surface area contributed by atoms with E-state index >= 15 is 0 Å². The minimum atomic E-state index is -3.69. The summed E-state index contributed by atoms with van der Waals surface area (Å²) in [5.74, 6) is 0.819. The number of anilines is 1. The van der Waals surface area contributed by atoms with Crippen LogP contribution in [0.25, 0.3) is 0 Å². The maximum absolute atomic E-state index is 13.2. The van der Waals surface area contributed by atoms with Crippen LogP contribution in [-0.4, -0.2) is 63.7 Å². The Morgan fingerprint density at radius 3 is 2.50 bits per heavy atom. The molecule has 0 unspecified atom stereocenters. The Morgan fingerprint density at radius 2 is 1.83 bits per heavy atom. The van der Waals surface area contributed by atoms with Gasteiger partial charge in [0.2, 0.25) is 21.9 Å². The van der Waals surface area contributed by atoms with Crippen LogP contribution in [0.1, 0.15) is 32.1 Å². The van der Waals surface area contributed by atoms with Gasteiger partial charge in [0.1, 0.15) is 11.4 Å². The third kappa shape index (κ3) is 3.61. The Balaban J connectivity index is 1.81. The molecule has 10 nitrogen and oxygen atoms in total. The zero-order chi connectivity index (χ0) is 21.4. The molecule has 164 valence electrons. The molecule has 0 aromatic heterocycles. The molecule has 0 amide bonds. The smallest absolute Gasteiger partial charge is 0.243 e. The lowest BCUT2D eigenvalue weighted by Gasteiger charge is -2.46. The summed E-state index contributed by atoms with van der Waals surface area (Å²) in [6.45, 7) is 1.40. The summed E-state index contributed by atoms with van der Waals surface area (Å²) in [4.78, 5) is 10.8. The van der Waals surface area contributed by atoms with E-state index < -0.39 is 15.7 Å². The molecule has 1 saturated heterocycles. The van der Waals surface area contributed by atoms with E-state index in [1.165, 1.54) is 11.4 Å². The van der Waals surface area contributed by atoms with Crippen molar-refractivity contribution in [3.63, 3.8) is 0 Å². The fraction of sp³-hybridized carbons (Fsp3) is 0.579. The van der Waals surface area contributed by atoms with Gasteiger partial charge in [0.15, 0.2) is 0 Å². The van der Waals surface area contributed by atoms with Crippen LogP contribution in [0.3, 0.4) is 0 Å². The highest BCUT2D eigenvalue weighted by Crippen LogP contribution is 2.43. The van der Waals surface area contributed by atoms with E-state index in [0.717, 1.165) is 32.1 Å². The molecule has 1 aromatic rings. The van der Waals surface area contributed by atoms with Crippen molar-refractivity contribution >= 4 is 27.6 Å². The summed E-state index contributed by atoms with van der Waals surface area (Å²) < 4.78 is 38.7. The van der Waals surface area contributed by atoms with Gasteiger partial charge in [-0.05, 0) is 43.9 Å². The number of ether oxygens (including phenoxy) is 2. The van der Waals surface area contributed by atoms with Gasteiger partial charge in [0.25, 0.3) is 0 Å². The Morgan fingerprint density at radius 1 is 1.13 bits per heavy atom. The van der Waals surface area contributed by atoms with Gasteiger partial charge in [0.05, 0.1) is 30.9 Å². The lowest BCUT2D eigenvalue weighted by molar-refractivity contribution is 0.0730. The molecular formula is C19H28N6O4S.